The molecule has 1 N–H and O–H groups in total. The van der Waals surface area contributed by atoms with Gasteiger partial charge in [-0.2, -0.15) is 0 Å². The van der Waals surface area contributed by atoms with Crippen LogP contribution < -0.4 is 5.32 Å². The highest BCUT2D eigenvalue weighted by atomic mass is 16.5. The molecule has 2 heterocycles. The summed E-state index contributed by atoms with van der Waals surface area (Å²) in [6.45, 7) is 5.42. The standard InChI is InChI=1S/C21H22N4O2/c1-14-3-7-16(8-4-14)11-22-21(26)20-18-13-27-19(12-25(18)24-23-20)17-9-5-15(2)6-10-17/h3-10,19H,11-13H2,1-2H3,(H,22,26)/t19-/m0/s1. The summed E-state index contributed by atoms with van der Waals surface area (Å²) in [5, 5.41) is 11.2. The van der Waals surface area contributed by atoms with Gasteiger partial charge in [0.15, 0.2) is 5.69 Å². The second-order valence-corrected chi connectivity index (χ2v) is 6.95. The van der Waals surface area contributed by atoms with Crippen molar-refractivity contribution in [3.05, 3.63) is 82.2 Å². The highest BCUT2D eigenvalue weighted by Crippen LogP contribution is 2.27. The summed E-state index contributed by atoms with van der Waals surface area (Å²) in [4.78, 5) is 12.5. The zero-order chi connectivity index (χ0) is 18.8. The Labute approximate surface area is 158 Å². The summed E-state index contributed by atoms with van der Waals surface area (Å²) in [7, 11) is 0. The van der Waals surface area contributed by atoms with Gasteiger partial charge >= 0.3 is 0 Å². The van der Waals surface area contributed by atoms with Gasteiger partial charge in [-0.25, -0.2) is 4.68 Å². The molecule has 0 saturated heterocycles. The van der Waals surface area contributed by atoms with E-state index in [1.54, 1.807) is 4.68 Å². The van der Waals surface area contributed by atoms with Gasteiger partial charge in [-0.05, 0) is 25.0 Å². The molecule has 2 aromatic carbocycles. The monoisotopic (exact) mass is 362 g/mol. The Morgan fingerprint density at radius 3 is 2.48 bits per heavy atom. The molecule has 0 radical (unpaired) electrons. The van der Waals surface area contributed by atoms with Crippen LogP contribution in [0.2, 0.25) is 0 Å². The van der Waals surface area contributed by atoms with E-state index >= 15 is 0 Å². The molecule has 1 atom stereocenters. The van der Waals surface area contributed by atoms with Crippen LogP contribution in [0, 0.1) is 13.8 Å². The van der Waals surface area contributed by atoms with Crippen LogP contribution in [0.3, 0.4) is 0 Å². The number of fused-ring (bicyclic) bond motifs is 1. The van der Waals surface area contributed by atoms with Crippen LogP contribution in [0.15, 0.2) is 48.5 Å². The Morgan fingerprint density at radius 1 is 1.11 bits per heavy atom. The normalized spacial score (nSPS) is 16.0. The number of hydrogen-bond donors (Lipinski definition) is 1. The molecule has 27 heavy (non-hydrogen) atoms. The summed E-state index contributed by atoms with van der Waals surface area (Å²) in [5.74, 6) is -0.228. The molecule has 0 fully saturated rings. The van der Waals surface area contributed by atoms with E-state index < -0.39 is 0 Å². The Balaban J connectivity index is 1.43. The molecule has 0 aliphatic carbocycles. The Kier molecular flexibility index (Phi) is 4.73. The molecule has 138 valence electrons. The van der Waals surface area contributed by atoms with Gasteiger partial charge in [-0.3, -0.25) is 4.79 Å². The molecule has 1 amide bonds. The van der Waals surface area contributed by atoms with Crippen molar-refractivity contribution in [2.45, 2.75) is 39.6 Å². The predicted octanol–water partition coefficient (Wildman–Crippen LogP) is 3.10. The molecule has 0 saturated carbocycles. The zero-order valence-corrected chi connectivity index (χ0v) is 15.5. The van der Waals surface area contributed by atoms with Crippen LogP contribution in [-0.2, 0) is 24.4 Å². The van der Waals surface area contributed by atoms with Crippen LogP contribution in [0.25, 0.3) is 0 Å². The van der Waals surface area contributed by atoms with Gasteiger partial charge in [-0.15, -0.1) is 5.10 Å². The van der Waals surface area contributed by atoms with Crippen molar-refractivity contribution in [2.24, 2.45) is 0 Å². The Bertz CT molecular complexity index is 945. The third-order valence-electron chi connectivity index (χ3n) is 4.84. The topological polar surface area (TPSA) is 69.0 Å². The largest absolute Gasteiger partial charge is 0.365 e. The minimum atomic E-state index is -0.228. The van der Waals surface area contributed by atoms with E-state index in [0.29, 0.717) is 25.4 Å². The lowest BCUT2D eigenvalue weighted by molar-refractivity contribution is -0.00177. The third-order valence-corrected chi connectivity index (χ3v) is 4.84. The Morgan fingerprint density at radius 2 is 1.78 bits per heavy atom. The van der Waals surface area contributed by atoms with E-state index in [4.69, 9.17) is 4.74 Å². The SMILES string of the molecule is Cc1ccc(CNC(=O)c2nnn3c2CO[C@H](c2ccc(C)cc2)C3)cc1. The van der Waals surface area contributed by atoms with Gasteiger partial charge in [0.1, 0.15) is 6.10 Å². The minimum absolute atomic E-state index is 0.0803. The third kappa shape index (κ3) is 3.75. The van der Waals surface area contributed by atoms with Gasteiger partial charge in [0.05, 0.1) is 18.8 Å². The van der Waals surface area contributed by atoms with Crippen molar-refractivity contribution in [3.8, 4) is 0 Å². The van der Waals surface area contributed by atoms with Crippen molar-refractivity contribution in [2.75, 3.05) is 0 Å². The maximum atomic E-state index is 12.5. The smallest absolute Gasteiger partial charge is 0.274 e. The number of benzene rings is 2. The van der Waals surface area contributed by atoms with Crippen LogP contribution >= 0.6 is 0 Å². The summed E-state index contributed by atoms with van der Waals surface area (Å²) in [5.41, 5.74) is 5.61. The summed E-state index contributed by atoms with van der Waals surface area (Å²) in [6, 6.07) is 16.3. The first-order chi connectivity index (χ1) is 13.1. The Hall–Kier alpha value is -2.99. The number of carbonyl (C=O) groups excluding carboxylic acids is 1. The van der Waals surface area contributed by atoms with E-state index in [1.165, 1.54) is 11.1 Å². The number of nitrogens with zero attached hydrogens (tertiary/aromatic N) is 3. The van der Waals surface area contributed by atoms with Crippen molar-refractivity contribution < 1.29 is 9.53 Å². The van der Waals surface area contributed by atoms with Gasteiger partial charge in [0.2, 0.25) is 0 Å². The average molecular weight is 362 g/mol. The fourth-order valence-corrected chi connectivity index (χ4v) is 3.14. The number of nitrogens with one attached hydrogen (secondary N) is 1. The number of rotatable bonds is 4. The summed E-state index contributed by atoms with van der Waals surface area (Å²) in [6.07, 6.45) is -0.0803. The van der Waals surface area contributed by atoms with E-state index in [0.717, 1.165) is 16.8 Å². The lowest BCUT2D eigenvalue weighted by atomic mass is 10.1. The second-order valence-electron chi connectivity index (χ2n) is 6.95. The molecule has 1 aromatic heterocycles. The maximum Gasteiger partial charge on any atom is 0.274 e. The zero-order valence-electron chi connectivity index (χ0n) is 15.5. The first kappa shape index (κ1) is 17.4. The fraction of sp³-hybridized carbons (Fsp3) is 0.286. The molecule has 4 rings (SSSR count). The minimum Gasteiger partial charge on any atom is -0.365 e. The van der Waals surface area contributed by atoms with Crippen molar-refractivity contribution in [1.29, 1.82) is 0 Å². The van der Waals surface area contributed by atoms with Crippen LogP contribution in [-0.4, -0.2) is 20.9 Å². The van der Waals surface area contributed by atoms with Gasteiger partial charge in [0, 0.05) is 6.54 Å². The number of ether oxygens (including phenoxy) is 1. The van der Waals surface area contributed by atoms with Crippen LogP contribution in [0.5, 0.6) is 0 Å². The summed E-state index contributed by atoms with van der Waals surface area (Å²) < 4.78 is 7.75. The average Bonchev–Trinajstić information content (AvgIpc) is 3.11. The van der Waals surface area contributed by atoms with Crippen LogP contribution in [0.1, 0.15) is 44.5 Å². The van der Waals surface area contributed by atoms with Gasteiger partial charge < -0.3 is 10.1 Å². The first-order valence-electron chi connectivity index (χ1n) is 9.04. The molecule has 0 bridgehead atoms. The van der Waals surface area contributed by atoms with E-state index in [1.807, 2.05) is 31.2 Å². The fourth-order valence-electron chi connectivity index (χ4n) is 3.14. The van der Waals surface area contributed by atoms with Crippen LogP contribution in [0.4, 0.5) is 0 Å². The molecule has 1 aliphatic heterocycles. The lowest BCUT2D eigenvalue weighted by Gasteiger charge is -2.24. The lowest BCUT2D eigenvalue weighted by Crippen LogP contribution is -2.27. The number of amides is 1. The molecule has 6 nitrogen and oxygen atoms in total. The molecule has 0 spiro atoms. The van der Waals surface area contributed by atoms with Crippen molar-refractivity contribution >= 4 is 5.91 Å². The molecule has 1 aliphatic rings. The molecule has 6 heteroatoms. The van der Waals surface area contributed by atoms with E-state index in [-0.39, 0.29) is 12.0 Å². The molecule has 0 unspecified atom stereocenters. The first-order valence-corrected chi connectivity index (χ1v) is 9.04. The number of carbonyl (C=O) groups is 1. The quantitative estimate of drug-likeness (QED) is 0.774. The molecular weight excluding hydrogens is 340 g/mol. The number of aromatic nitrogens is 3. The van der Waals surface area contributed by atoms with Gasteiger partial charge in [0.25, 0.3) is 5.91 Å². The molecule has 3 aromatic rings. The highest BCUT2D eigenvalue weighted by molar-refractivity contribution is 5.93. The van der Waals surface area contributed by atoms with E-state index in [2.05, 4.69) is 46.8 Å². The predicted molar refractivity (Wildman–Crippen MR) is 101 cm³/mol. The highest BCUT2D eigenvalue weighted by Gasteiger charge is 2.27. The van der Waals surface area contributed by atoms with Gasteiger partial charge in [-0.1, -0.05) is 64.9 Å². The maximum absolute atomic E-state index is 12.5. The van der Waals surface area contributed by atoms with Crippen molar-refractivity contribution in [3.63, 3.8) is 0 Å². The number of aryl methyl sites for hydroxylation is 2. The van der Waals surface area contributed by atoms with Crippen molar-refractivity contribution in [1.82, 2.24) is 20.3 Å². The molecular formula is C21H22N4O2. The second kappa shape index (κ2) is 7.32. The number of hydrogen-bond acceptors (Lipinski definition) is 4. The summed E-state index contributed by atoms with van der Waals surface area (Å²) >= 11 is 0. The van der Waals surface area contributed by atoms with E-state index in [9.17, 15) is 4.79 Å².